The van der Waals surface area contributed by atoms with Crippen LogP contribution in [0.2, 0.25) is 0 Å². The molecule has 0 aromatic heterocycles. The first-order valence-electron chi connectivity index (χ1n) is 7.96. The first-order valence-corrected chi connectivity index (χ1v) is 7.96. The number of nitrogens with one attached hydrogen (secondary N) is 1. The van der Waals surface area contributed by atoms with E-state index in [9.17, 15) is 9.90 Å². The molecule has 0 bridgehead atoms. The molecule has 0 saturated carbocycles. The van der Waals surface area contributed by atoms with Crippen molar-refractivity contribution < 1.29 is 14.6 Å². The summed E-state index contributed by atoms with van der Waals surface area (Å²) in [7, 11) is 0. The molecule has 1 aromatic carbocycles. The average molecular weight is 319 g/mol. The van der Waals surface area contributed by atoms with Crippen LogP contribution in [0.3, 0.4) is 0 Å². The molecule has 0 spiro atoms. The zero-order chi connectivity index (χ0) is 17.7. The van der Waals surface area contributed by atoms with Gasteiger partial charge >= 0.3 is 6.09 Å². The molecule has 1 amide bonds. The summed E-state index contributed by atoms with van der Waals surface area (Å²) in [6, 6.07) is 5.66. The number of ether oxygens (including phenoxy) is 1. The fourth-order valence-corrected chi connectivity index (χ4v) is 1.94. The van der Waals surface area contributed by atoms with Crippen LogP contribution in [0.4, 0.5) is 4.79 Å². The molecule has 23 heavy (non-hydrogen) atoms. The van der Waals surface area contributed by atoms with Crippen LogP contribution in [0, 0.1) is 0 Å². The Hall–Kier alpha value is -1.97. The molecule has 4 heteroatoms. The third-order valence-electron chi connectivity index (χ3n) is 3.17. The maximum atomic E-state index is 11.5. The third kappa shape index (κ3) is 7.22. The quantitative estimate of drug-likeness (QED) is 0.796. The van der Waals surface area contributed by atoms with Gasteiger partial charge in [0.1, 0.15) is 11.4 Å². The fraction of sp³-hybridized carbons (Fsp3) is 0.526. The minimum atomic E-state index is -0.487. The first-order chi connectivity index (χ1) is 10.5. The van der Waals surface area contributed by atoms with Crippen molar-refractivity contribution in [3.05, 3.63) is 35.4 Å². The van der Waals surface area contributed by atoms with Crippen LogP contribution in [0.15, 0.2) is 24.3 Å². The Balaban J connectivity index is 2.54. The van der Waals surface area contributed by atoms with E-state index in [-0.39, 0.29) is 11.2 Å². The summed E-state index contributed by atoms with van der Waals surface area (Å²) in [5.74, 6) is 0.259. The number of hydrogen-bond donors (Lipinski definition) is 2. The smallest absolute Gasteiger partial charge is 0.407 e. The maximum Gasteiger partial charge on any atom is 0.407 e. The van der Waals surface area contributed by atoms with Crippen molar-refractivity contribution in [2.24, 2.45) is 0 Å². The highest BCUT2D eigenvalue weighted by atomic mass is 16.6. The Labute approximate surface area is 139 Å². The molecule has 0 aliphatic heterocycles. The second-order valence-electron chi connectivity index (χ2n) is 7.64. The number of aromatic hydroxyl groups is 1. The number of hydrogen-bond acceptors (Lipinski definition) is 3. The maximum absolute atomic E-state index is 11.5. The molecule has 2 N–H and O–H groups in total. The molecule has 1 rings (SSSR count). The van der Waals surface area contributed by atoms with Gasteiger partial charge in [0.05, 0.1) is 0 Å². The molecule has 0 aliphatic carbocycles. The van der Waals surface area contributed by atoms with Gasteiger partial charge in [0.2, 0.25) is 0 Å². The number of phenolic OH excluding ortho intramolecular Hbond substituents is 1. The summed E-state index contributed by atoms with van der Waals surface area (Å²) in [6.07, 6.45) is 4.06. The Morgan fingerprint density at radius 2 is 1.87 bits per heavy atom. The molecule has 128 valence electrons. The van der Waals surface area contributed by atoms with Crippen molar-refractivity contribution in [1.82, 2.24) is 5.32 Å². The van der Waals surface area contributed by atoms with Gasteiger partial charge in [-0.3, -0.25) is 0 Å². The lowest BCUT2D eigenvalue weighted by molar-refractivity contribution is 0.0529. The zero-order valence-electron chi connectivity index (χ0n) is 15.1. The van der Waals surface area contributed by atoms with Gasteiger partial charge in [-0.15, -0.1) is 0 Å². The van der Waals surface area contributed by atoms with E-state index in [1.807, 2.05) is 45.1 Å². The van der Waals surface area contributed by atoms with Crippen molar-refractivity contribution in [3.8, 4) is 5.75 Å². The number of alkyl carbamates (subject to hydrolysis) is 1. The van der Waals surface area contributed by atoms with Gasteiger partial charge in [0.25, 0.3) is 0 Å². The van der Waals surface area contributed by atoms with Gasteiger partial charge in [-0.1, -0.05) is 39.0 Å². The van der Waals surface area contributed by atoms with Gasteiger partial charge in [-0.2, -0.15) is 0 Å². The molecular weight excluding hydrogens is 290 g/mol. The minimum Gasteiger partial charge on any atom is -0.507 e. The monoisotopic (exact) mass is 319 g/mol. The van der Waals surface area contributed by atoms with Crippen LogP contribution >= 0.6 is 0 Å². The number of carbonyl (C=O) groups excluding carboxylic acids is 1. The van der Waals surface area contributed by atoms with E-state index in [1.165, 1.54) is 5.56 Å². The van der Waals surface area contributed by atoms with Crippen molar-refractivity contribution in [3.63, 3.8) is 0 Å². The molecule has 4 nitrogen and oxygen atoms in total. The van der Waals surface area contributed by atoms with Crippen LogP contribution in [-0.4, -0.2) is 23.3 Å². The molecule has 0 aliphatic rings. The summed E-state index contributed by atoms with van der Waals surface area (Å²) in [6.45, 7) is 12.4. The van der Waals surface area contributed by atoms with Crippen molar-refractivity contribution >= 4 is 12.2 Å². The summed E-state index contributed by atoms with van der Waals surface area (Å²) in [5, 5.41) is 12.6. The molecule has 0 unspecified atom stereocenters. The summed E-state index contributed by atoms with van der Waals surface area (Å²) < 4.78 is 5.16. The standard InChI is InChI=1S/C19H29NO3/c1-18(2,3)15-10-11-16(21)14(13-15)9-7-8-12-20-17(22)23-19(4,5)6/h7,9-11,13,21H,8,12H2,1-6H3,(H,20,22). The normalized spacial score (nSPS) is 12.4. The van der Waals surface area contributed by atoms with Gasteiger partial charge in [-0.25, -0.2) is 4.79 Å². The highest BCUT2D eigenvalue weighted by Crippen LogP contribution is 2.28. The molecule has 0 heterocycles. The van der Waals surface area contributed by atoms with Crippen LogP contribution < -0.4 is 5.32 Å². The Morgan fingerprint density at radius 3 is 2.43 bits per heavy atom. The molecule has 0 saturated heterocycles. The van der Waals surface area contributed by atoms with E-state index < -0.39 is 11.7 Å². The Bertz CT molecular complexity index is 563. The Morgan fingerprint density at radius 1 is 1.22 bits per heavy atom. The van der Waals surface area contributed by atoms with Gasteiger partial charge in [0, 0.05) is 12.1 Å². The first kappa shape index (κ1) is 19.1. The lowest BCUT2D eigenvalue weighted by atomic mass is 9.86. The predicted octanol–water partition coefficient (Wildman–Crippen LogP) is 4.62. The van der Waals surface area contributed by atoms with Crippen LogP contribution in [0.1, 0.15) is 59.1 Å². The highest BCUT2D eigenvalue weighted by molar-refractivity contribution is 5.67. The molecule has 0 fully saturated rings. The Kier molecular flexibility index (Phi) is 6.25. The van der Waals surface area contributed by atoms with Gasteiger partial charge < -0.3 is 15.2 Å². The summed E-state index contributed by atoms with van der Waals surface area (Å²) in [4.78, 5) is 11.5. The van der Waals surface area contributed by atoms with E-state index in [0.717, 1.165) is 5.56 Å². The summed E-state index contributed by atoms with van der Waals surface area (Å²) in [5.41, 5.74) is 1.50. The van der Waals surface area contributed by atoms with E-state index in [2.05, 4.69) is 26.1 Å². The number of phenols is 1. The third-order valence-corrected chi connectivity index (χ3v) is 3.17. The van der Waals surface area contributed by atoms with Crippen LogP contribution in [-0.2, 0) is 10.2 Å². The number of carbonyl (C=O) groups is 1. The lowest BCUT2D eigenvalue weighted by Gasteiger charge is -2.20. The number of rotatable bonds is 4. The van der Waals surface area contributed by atoms with E-state index in [1.54, 1.807) is 6.07 Å². The second kappa shape index (κ2) is 7.53. The van der Waals surface area contributed by atoms with Crippen LogP contribution in [0.25, 0.3) is 6.08 Å². The highest BCUT2D eigenvalue weighted by Gasteiger charge is 2.15. The summed E-state index contributed by atoms with van der Waals surface area (Å²) >= 11 is 0. The number of benzene rings is 1. The number of amides is 1. The van der Waals surface area contributed by atoms with E-state index in [4.69, 9.17) is 4.74 Å². The zero-order valence-corrected chi connectivity index (χ0v) is 15.1. The molecule has 1 aromatic rings. The largest absolute Gasteiger partial charge is 0.507 e. The van der Waals surface area contributed by atoms with Crippen LogP contribution in [0.5, 0.6) is 5.75 Å². The average Bonchev–Trinajstić information content (AvgIpc) is 2.36. The van der Waals surface area contributed by atoms with Gasteiger partial charge in [-0.05, 0) is 50.3 Å². The fourth-order valence-electron chi connectivity index (χ4n) is 1.94. The van der Waals surface area contributed by atoms with Crippen molar-refractivity contribution in [1.29, 1.82) is 0 Å². The molecule has 0 radical (unpaired) electrons. The lowest BCUT2D eigenvalue weighted by Crippen LogP contribution is -2.32. The van der Waals surface area contributed by atoms with Crippen molar-refractivity contribution in [2.45, 2.75) is 59.0 Å². The second-order valence-corrected chi connectivity index (χ2v) is 7.64. The SMILES string of the molecule is CC(C)(C)OC(=O)NCCC=Cc1cc(C(C)(C)C)ccc1O. The molecule has 0 atom stereocenters. The molecular formula is C19H29NO3. The minimum absolute atomic E-state index is 0.0363. The van der Waals surface area contributed by atoms with Gasteiger partial charge in [0.15, 0.2) is 0 Å². The predicted molar refractivity (Wildman–Crippen MR) is 94.7 cm³/mol. The van der Waals surface area contributed by atoms with E-state index in [0.29, 0.717) is 13.0 Å². The van der Waals surface area contributed by atoms with Crippen molar-refractivity contribution in [2.75, 3.05) is 6.54 Å². The topological polar surface area (TPSA) is 58.6 Å². The van der Waals surface area contributed by atoms with E-state index >= 15 is 0 Å².